The van der Waals surface area contributed by atoms with Crippen molar-refractivity contribution in [2.24, 2.45) is 0 Å². The molecule has 1 aromatic heterocycles. The Balaban J connectivity index is 1.96. The highest BCUT2D eigenvalue weighted by Gasteiger charge is 2.08. The molecular weight excluding hydrogens is 316 g/mol. The maximum atomic E-state index is 11.5. The van der Waals surface area contributed by atoms with Crippen molar-refractivity contribution in [1.29, 1.82) is 0 Å². The molecule has 25 heavy (non-hydrogen) atoms. The van der Waals surface area contributed by atoms with Crippen molar-refractivity contribution in [3.8, 4) is 5.75 Å². The first-order chi connectivity index (χ1) is 12.1. The minimum atomic E-state index is -0.349. The maximum Gasteiger partial charge on any atom is 0.337 e. The molecule has 0 fully saturated rings. The molecule has 0 aliphatic carbocycles. The Morgan fingerprint density at radius 1 is 1.12 bits per heavy atom. The average Bonchev–Trinajstić information content (AvgIpc) is 2.62. The van der Waals surface area contributed by atoms with E-state index in [4.69, 9.17) is 9.47 Å². The Hall–Kier alpha value is -3.08. The summed E-state index contributed by atoms with van der Waals surface area (Å²) >= 11 is 0. The van der Waals surface area contributed by atoms with Gasteiger partial charge in [0.2, 0.25) is 0 Å². The lowest BCUT2D eigenvalue weighted by Gasteiger charge is -2.12. The van der Waals surface area contributed by atoms with Crippen LogP contribution in [0.2, 0.25) is 0 Å². The highest BCUT2D eigenvalue weighted by atomic mass is 16.5. The highest BCUT2D eigenvalue weighted by Crippen LogP contribution is 2.29. The summed E-state index contributed by atoms with van der Waals surface area (Å²) in [6, 6.07) is 15.0. The quantitative estimate of drug-likeness (QED) is 0.697. The number of pyridine rings is 1. The highest BCUT2D eigenvalue weighted by molar-refractivity contribution is 5.94. The number of carbonyl (C=O) groups excluding carboxylic acids is 1. The third-order valence-electron chi connectivity index (χ3n) is 3.80. The number of aryl methyl sites for hydroxylation is 1. The Bertz CT molecular complexity index is 905. The summed E-state index contributed by atoms with van der Waals surface area (Å²) in [7, 11) is 1.37. The first kappa shape index (κ1) is 16.8. The second-order valence-corrected chi connectivity index (χ2v) is 5.62. The summed E-state index contributed by atoms with van der Waals surface area (Å²) < 4.78 is 10.3. The molecule has 5 heteroatoms. The van der Waals surface area contributed by atoms with E-state index in [1.807, 2.05) is 50.2 Å². The predicted octanol–water partition coefficient (Wildman–Crippen LogP) is 4.47. The molecule has 128 valence electrons. The normalized spacial score (nSPS) is 10.5. The van der Waals surface area contributed by atoms with Crippen LogP contribution in [0.4, 0.5) is 11.4 Å². The van der Waals surface area contributed by atoms with E-state index in [-0.39, 0.29) is 5.97 Å². The van der Waals surface area contributed by atoms with Crippen molar-refractivity contribution in [3.05, 3.63) is 59.8 Å². The van der Waals surface area contributed by atoms with E-state index in [0.29, 0.717) is 12.2 Å². The zero-order valence-corrected chi connectivity index (χ0v) is 14.5. The van der Waals surface area contributed by atoms with E-state index in [1.54, 1.807) is 12.1 Å². The van der Waals surface area contributed by atoms with Gasteiger partial charge in [0, 0.05) is 22.5 Å². The topological polar surface area (TPSA) is 60.5 Å². The summed E-state index contributed by atoms with van der Waals surface area (Å²) in [6.45, 7) is 4.53. The fourth-order valence-electron chi connectivity index (χ4n) is 2.66. The number of aromatic nitrogens is 1. The van der Waals surface area contributed by atoms with Crippen LogP contribution in [0.15, 0.2) is 48.5 Å². The number of esters is 1. The molecule has 3 aromatic rings. The lowest BCUT2D eigenvalue weighted by molar-refractivity contribution is 0.0601. The van der Waals surface area contributed by atoms with Gasteiger partial charge in [0.15, 0.2) is 0 Å². The molecule has 0 unspecified atom stereocenters. The number of hydrogen-bond donors (Lipinski definition) is 1. The summed E-state index contributed by atoms with van der Waals surface area (Å²) in [5, 5.41) is 4.37. The van der Waals surface area contributed by atoms with Crippen molar-refractivity contribution >= 4 is 28.2 Å². The number of rotatable bonds is 5. The molecule has 5 nitrogen and oxygen atoms in total. The van der Waals surface area contributed by atoms with Crippen LogP contribution in [-0.4, -0.2) is 24.7 Å². The molecule has 0 bridgehead atoms. The second kappa shape index (κ2) is 7.21. The van der Waals surface area contributed by atoms with Gasteiger partial charge in [0.25, 0.3) is 0 Å². The van der Waals surface area contributed by atoms with Crippen LogP contribution in [0, 0.1) is 6.92 Å². The molecule has 0 aliphatic heterocycles. The van der Waals surface area contributed by atoms with Gasteiger partial charge >= 0.3 is 5.97 Å². The van der Waals surface area contributed by atoms with Gasteiger partial charge in [-0.3, -0.25) is 4.98 Å². The molecule has 0 radical (unpaired) electrons. The number of ether oxygens (including phenoxy) is 2. The molecule has 1 N–H and O–H groups in total. The van der Waals surface area contributed by atoms with Crippen LogP contribution in [-0.2, 0) is 4.74 Å². The molecule has 3 rings (SSSR count). The SMILES string of the molecule is CCOc1ccc2nc(C)cc(Nc3ccc(C(=O)OC)cc3)c2c1. The minimum absolute atomic E-state index is 0.349. The Labute approximate surface area is 146 Å². The van der Waals surface area contributed by atoms with E-state index < -0.39 is 0 Å². The number of methoxy groups -OCH3 is 1. The number of nitrogens with zero attached hydrogens (tertiary/aromatic N) is 1. The molecule has 0 amide bonds. The Morgan fingerprint density at radius 2 is 1.88 bits per heavy atom. The monoisotopic (exact) mass is 336 g/mol. The lowest BCUT2D eigenvalue weighted by atomic mass is 10.1. The number of carbonyl (C=O) groups is 1. The van der Waals surface area contributed by atoms with Gasteiger partial charge in [0.05, 0.1) is 24.8 Å². The smallest absolute Gasteiger partial charge is 0.337 e. The maximum absolute atomic E-state index is 11.5. The van der Waals surface area contributed by atoms with Crippen LogP contribution in [0.25, 0.3) is 10.9 Å². The fraction of sp³-hybridized carbons (Fsp3) is 0.200. The molecule has 2 aromatic carbocycles. The van der Waals surface area contributed by atoms with Gasteiger partial charge in [-0.25, -0.2) is 4.79 Å². The van der Waals surface area contributed by atoms with Crippen molar-refractivity contribution < 1.29 is 14.3 Å². The van der Waals surface area contributed by atoms with Crippen LogP contribution in [0.3, 0.4) is 0 Å². The fourth-order valence-corrected chi connectivity index (χ4v) is 2.66. The molecule has 0 atom stereocenters. The molecule has 0 saturated heterocycles. The number of fused-ring (bicyclic) bond motifs is 1. The van der Waals surface area contributed by atoms with Crippen molar-refractivity contribution in [1.82, 2.24) is 4.98 Å². The van der Waals surface area contributed by atoms with E-state index in [1.165, 1.54) is 7.11 Å². The van der Waals surface area contributed by atoms with E-state index in [2.05, 4.69) is 10.3 Å². The zero-order chi connectivity index (χ0) is 17.8. The van der Waals surface area contributed by atoms with Gasteiger partial charge < -0.3 is 14.8 Å². The number of hydrogen-bond acceptors (Lipinski definition) is 5. The predicted molar refractivity (Wildman–Crippen MR) is 98.7 cm³/mol. The summed E-state index contributed by atoms with van der Waals surface area (Å²) in [6.07, 6.45) is 0. The molecular formula is C20H20N2O3. The largest absolute Gasteiger partial charge is 0.494 e. The van der Waals surface area contributed by atoms with Gasteiger partial charge in [0.1, 0.15) is 5.75 Å². The van der Waals surface area contributed by atoms with Crippen molar-refractivity contribution in [3.63, 3.8) is 0 Å². The minimum Gasteiger partial charge on any atom is -0.494 e. The van der Waals surface area contributed by atoms with Crippen LogP contribution in [0.5, 0.6) is 5.75 Å². The Morgan fingerprint density at radius 3 is 2.56 bits per heavy atom. The van der Waals surface area contributed by atoms with Gasteiger partial charge in [-0.2, -0.15) is 0 Å². The molecule has 0 saturated carbocycles. The van der Waals surface area contributed by atoms with E-state index in [9.17, 15) is 4.79 Å². The molecule has 0 aliphatic rings. The molecule has 1 heterocycles. The molecule has 0 spiro atoms. The number of nitrogens with one attached hydrogen (secondary N) is 1. The summed E-state index contributed by atoms with van der Waals surface area (Å²) in [5.41, 5.74) is 4.15. The number of anilines is 2. The van der Waals surface area contributed by atoms with E-state index in [0.717, 1.165) is 33.7 Å². The van der Waals surface area contributed by atoms with Crippen molar-refractivity contribution in [2.75, 3.05) is 19.0 Å². The van der Waals surface area contributed by atoms with Gasteiger partial charge in [-0.1, -0.05) is 0 Å². The van der Waals surface area contributed by atoms with Gasteiger partial charge in [-0.05, 0) is 62.4 Å². The standard InChI is InChI=1S/C20H20N2O3/c1-4-25-16-9-10-18-17(12-16)19(11-13(2)21-18)22-15-7-5-14(6-8-15)20(23)24-3/h5-12H,4H2,1-3H3,(H,21,22). The average molecular weight is 336 g/mol. The van der Waals surface area contributed by atoms with Crippen LogP contribution < -0.4 is 10.1 Å². The van der Waals surface area contributed by atoms with Crippen LogP contribution >= 0.6 is 0 Å². The van der Waals surface area contributed by atoms with Crippen molar-refractivity contribution in [2.45, 2.75) is 13.8 Å². The summed E-state index contributed by atoms with van der Waals surface area (Å²) in [5.74, 6) is 0.461. The zero-order valence-electron chi connectivity index (χ0n) is 14.5. The Kier molecular flexibility index (Phi) is 4.84. The van der Waals surface area contributed by atoms with E-state index >= 15 is 0 Å². The first-order valence-electron chi connectivity index (χ1n) is 8.10. The van der Waals surface area contributed by atoms with Crippen LogP contribution in [0.1, 0.15) is 23.0 Å². The first-order valence-corrected chi connectivity index (χ1v) is 8.10. The lowest BCUT2D eigenvalue weighted by Crippen LogP contribution is -2.01. The third-order valence-corrected chi connectivity index (χ3v) is 3.80. The number of benzene rings is 2. The van der Waals surface area contributed by atoms with Gasteiger partial charge in [-0.15, -0.1) is 0 Å². The summed E-state index contributed by atoms with van der Waals surface area (Å²) in [4.78, 5) is 16.1. The second-order valence-electron chi connectivity index (χ2n) is 5.62. The third kappa shape index (κ3) is 3.71.